The van der Waals surface area contributed by atoms with Gasteiger partial charge in [0, 0.05) is 0 Å². The molecule has 35 heavy (non-hydrogen) atoms. The van der Waals surface area contributed by atoms with Crippen LogP contribution in [0, 0.1) is 12.8 Å². The molecule has 3 aromatic rings. The van der Waals surface area contributed by atoms with E-state index in [1.54, 1.807) is 0 Å². The Morgan fingerprint density at radius 3 is 2.34 bits per heavy atom. The van der Waals surface area contributed by atoms with Gasteiger partial charge in [-0.1, -0.05) is 97.6 Å². The van der Waals surface area contributed by atoms with E-state index in [0.717, 1.165) is 28.8 Å². The zero-order valence-corrected chi connectivity index (χ0v) is 20.3. The minimum Gasteiger partial charge on any atom is -0.490 e. The average Bonchev–Trinajstić information content (AvgIpc) is 3.39. The third-order valence-corrected chi connectivity index (χ3v) is 6.63. The van der Waals surface area contributed by atoms with Crippen LogP contribution >= 0.6 is 0 Å². The number of ether oxygens (including phenoxy) is 1. The van der Waals surface area contributed by atoms with Crippen LogP contribution in [0.15, 0.2) is 78.0 Å². The highest BCUT2D eigenvalue weighted by molar-refractivity contribution is 6.00. The molecule has 0 aromatic heterocycles. The first kappa shape index (κ1) is 24.5. The lowest BCUT2D eigenvalue weighted by molar-refractivity contribution is -0.136. The van der Waals surface area contributed by atoms with Crippen LogP contribution in [-0.2, 0) is 16.1 Å². The first-order valence-corrected chi connectivity index (χ1v) is 12.4. The number of aliphatic carboxylic acids is 1. The summed E-state index contributed by atoms with van der Waals surface area (Å²) in [5, 5.41) is 13.6. The zero-order chi connectivity index (χ0) is 24.5. The van der Waals surface area contributed by atoms with Gasteiger partial charge in [0.25, 0.3) is 0 Å². The first-order chi connectivity index (χ1) is 17.1. The molecule has 0 saturated heterocycles. The topological polar surface area (TPSA) is 68.1 Å². The number of hydrogen-bond acceptors (Lipinski definition) is 4. The molecule has 1 N–H and O–H groups in total. The van der Waals surface area contributed by atoms with Crippen LogP contribution < -0.4 is 4.74 Å². The van der Waals surface area contributed by atoms with Gasteiger partial charge in [-0.15, -0.1) is 0 Å². The maximum Gasteiger partial charge on any atom is 0.307 e. The van der Waals surface area contributed by atoms with Gasteiger partial charge in [-0.3, -0.25) is 4.79 Å². The van der Waals surface area contributed by atoms with E-state index in [-0.39, 0.29) is 6.42 Å². The summed E-state index contributed by atoms with van der Waals surface area (Å²) in [5.41, 5.74) is 6.06. The van der Waals surface area contributed by atoms with Gasteiger partial charge >= 0.3 is 5.97 Å². The summed E-state index contributed by atoms with van der Waals surface area (Å²) in [4.78, 5) is 16.8. The van der Waals surface area contributed by atoms with Crippen molar-refractivity contribution >= 4 is 11.7 Å². The molecule has 0 unspecified atom stereocenters. The third kappa shape index (κ3) is 6.95. The van der Waals surface area contributed by atoms with E-state index in [1.165, 1.54) is 36.8 Å². The molecule has 1 fully saturated rings. The fraction of sp³-hybridized carbons (Fsp3) is 0.333. The molecule has 0 amide bonds. The van der Waals surface area contributed by atoms with Crippen molar-refractivity contribution < 1.29 is 19.5 Å². The smallest absolute Gasteiger partial charge is 0.307 e. The van der Waals surface area contributed by atoms with Crippen LogP contribution in [0.2, 0.25) is 0 Å². The lowest BCUT2D eigenvalue weighted by Gasteiger charge is -2.14. The molecule has 5 nitrogen and oxygen atoms in total. The largest absolute Gasteiger partial charge is 0.490 e. The molecule has 0 bridgehead atoms. The predicted molar refractivity (Wildman–Crippen MR) is 139 cm³/mol. The van der Waals surface area contributed by atoms with Crippen LogP contribution in [0.3, 0.4) is 0 Å². The van der Waals surface area contributed by atoms with Gasteiger partial charge in [0.05, 0.1) is 12.1 Å². The number of rotatable bonds is 11. The molecule has 182 valence electrons. The van der Waals surface area contributed by atoms with Crippen molar-refractivity contribution in [1.82, 2.24) is 0 Å². The molecular formula is C30H33NO4. The molecule has 0 heterocycles. The highest BCUT2D eigenvalue weighted by atomic mass is 16.6. The highest BCUT2D eigenvalue weighted by Crippen LogP contribution is 2.30. The normalized spacial score (nSPS) is 14.1. The van der Waals surface area contributed by atoms with Crippen molar-refractivity contribution in [3.05, 3.63) is 89.5 Å². The van der Waals surface area contributed by atoms with Gasteiger partial charge in [0.2, 0.25) is 0 Å². The summed E-state index contributed by atoms with van der Waals surface area (Å²) in [6.45, 7) is 2.54. The molecule has 5 heteroatoms. The second-order valence-electron chi connectivity index (χ2n) is 9.13. The molecule has 0 atom stereocenters. The Hall–Kier alpha value is -3.60. The van der Waals surface area contributed by atoms with Crippen molar-refractivity contribution in [3.63, 3.8) is 0 Å². The monoisotopic (exact) mass is 471 g/mol. The van der Waals surface area contributed by atoms with Gasteiger partial charge < -0.3 is 14.7 Å². The molecule has 4 rings (SSSR count). The summed E-state index contributed by atoms with van der Waals surface area (Å²) in [6.07, 6.45) is 5.98. The lowest BCUT2D eigenvalue weighted by Crippen LogP contribution is -2.11. The van der Waals surface area contributed by atoms with Crippen molar-refractivity contribution in [1.29, 1.82) is 0 Å². The van der Waals surface area contributed by atoms with E-state index in [1.807, 2.05) is 31.2 Å². The first-order valence-electron chi connectivity index (χ1n) is 12.4. The van der Waals surface area contributed by atoms with Gasteiger partial charge in [0.1, 0.15) is 12.4 Å². The van der Waals surface area contributed by atoms with Crippen molar-refractivity contribution in [2.24, 2.45) is 11.1 Å². The van der Waals surface area contributed by atoms with Gasteiger partial charge in [-0.05, 0) is 53.1 Å². The summed E-state index contributed by atoms with van der Waals surface area (Å²) in [5.74, 6) is 0.482. The number of carboxylic acid groups (broad SMARTS) is 1. The molecule has 1 aliphatic rings. The maximum absolute atomic E-state index is 11.1. The molecule has 1 aliphatic carbocycles. The predicted octanol–water partition coefficient (Wildman–Crippen LogP) is 6.67. The number of benzene rings is 3. The Balaban J connectivity index is 1.39. The third-order valence-electron chi connectivity index (χ3n) is 6.63. The molecule has 0 radical (unpaired) electrons. The maximum atomic E-state index is 11.1. The minimum atomic E-state index is -0.852. The van der Waals surface area contributed by atoms with Crippen LogP contribution in [0.4, 0.5) is 0 Å². The second kappa shape index (κ2) is 12.2. The van der Waals surface area contributed by atoms with Crippen molar-refractivity contribution in [2.45, 2.75) is 45.4 Å². The van der Waals surface area contributed by atoms with E-state index >= 15 is 0 Å². The molecule has 0 aliphatic heterocycles. The Kier molecular flexibility index (Phi) is 8.55. The van der Waals surface area contributed by atoms with Crippen molar-refractivity contribution in [2.75, 3.05) is 13.2 Å². The van der Waals surface area contributed by atoms with E-state index in [4.69, 9.17) is 14.7 Å². The number of nitrogens with zero attached hydrogens (tertiary/aromatic N) is 1. The Labute approximate surface area is 207 Å². The van der Waals surface area contributed by atoms with Crippen molar-refractivity contribution in [3.8, 4) is 16.9 Å². The number of carbonyl (C=O) groups is 1. The van der Waals surface area contributed by atoms with Gasteiger partial charge in [-0.2, -0.15) is 0 Å². The number of carboxylic acids is 1. The molecule has 1 saturated carbocycles. The molecule has 0 spiro atoms. The fourth-order valence-corrected chi connectivity index (χ4v) is 4.66. The standard InChI is InChI=1S/C30H33NO4/c1-22-27(21-30(32)33)12-7-13-29(22)34-18-19-35-31-28(20-23-8-5-6-9-23)26-16-14-25(15-17-26)24-10-3-2-4-11-24/h2-4,7,10-17,23H,5-6,8-9,18-21H2,1H3,(H,32,33)/b31-28+. The quantitative estimate of drug-likeness (QED) is 0.193. The van der Waals surface area contributed by atoms with E-state index < -0.39 is 5.97 Å². The Bertz CT molecular complexity index is 1130. The number of oxime groups is 1. The zero-order valence-electron chi connectivity index (χ0n) is 20.3. The van der Waals surface area contributed by atoms with Gasteiger partial charge in [-0.25, -0.2) is 0 Å². The van der Waals surface area contributed by atoms with Crippen LogP contribution in [0.1, 0.15) is 48.8 Å². The van der Waals surface area contributed by atoms with E-state index in [0.29, 0.717) is 24.9 Å². The second-order valence-corrected chi connectivity index (χ2v) is 9.13. The van der Waals surface area contributed by atoms with E-state index in [2.05, 4.69) is 53.7 Å². The summed E-state index contributed by atoms with van der Waals surface area (Å²) < 4.78 is 5.86. The summed E-state index contributed by atoms with van der Waals surface area (Å²) in [7, 11) is 0. The Morgan fingerprint density at radius 1 is 0.914 bits per heavy atom. The fourth-order valence-electron chi connectivity index (χ4n) is 4.66. The summed E-state index contributed by atoms with van der Waals surface area (Å²) in [6, 6.07) is 24.4. The number of hydrogen-bond donors (Lipinski definition) is 1. The van der Waals surface area contributed by atoms with Crippen LogP contribution in [0.25, 0.3) is 11.1 Å². The molecular weight excluding hydrogens is 438 g/mol. The van der Waals surface area contributed by atoms with Crippen LogP contribution in [-0.4, -0.2) is 30.0 Å². The minimum absolute atomic E-state index is 0.0165. The van der Waals surface area contributed by atoms with Gasteiger partial charge in [0.15, 0.2) is 6.61 Å². The van der Waals surface area contributed by atoms with E-state index in [9.17, 15) is 4.79 Å². The lowest BCUT2D eigenvalue weighted by atomic mass is 9.95. The average molecular weight is 472 g/mol. The summed E-state index contributed by atoms with van der Waals surface area (Å²) >= 11 is 0. The highest BCUT2D eigenvalue weighted by Gasteiger charge is 2.19. The SMILES string of the molecule is Cc1c(CC(=O)O)cccc1OCCO/N=C(\CC1CCCC1)c1ccc(-c2ccccc2)cc1. The molecule has 3 aromatic carbocycles. The van der Waals surface area contributed by atoms with Crippen LogP contribution in [0.5, 0.6) is 5.75 Å². The Morgan fingerprint density at radius 2 is 1.63 bits per heavy atom.